The van der Waals surface area contributed by atoms with E-state index in [9.17, 15) is 0 Å². The van der Waals surface area contributed by atoms with Gasteiger partial charge < -0.3 is 10.6 Å². The first-order valence-electron chi connectivity index (χ1n) is 10.8. The Morgan fingerprint density at radius 1 is 0.833 bits per heavy atom. The maximum Gasteiger partial charge on any atom is 0.100 e. The minimum Gasteiger partial charge on any atom is -0.343 e. The first-order valence-corrected chi connectivity index (χ1v) is 10.8. The average Bonchev–Trinajstić information content (AvgIpc) is 3.04. The Bertz CT molecular complexity index is 312. The van der Waals surface area contributed by atoms with E-state index in [-0.39, 0.29) is 6.17 Å². The lowest BCUT2D eigenvalue weighted by Crippen LogP contribution is -2.41. The zero-order valence-electron chi connectivity index (χ0n) is 16.6. The molecule has 142 valence electrons. The van der Waals surface area contributed by atoms with E-state index >= 15 is 0 Å². The lowest BCUT2D eigenvalue weighted by atomic mass is 10.0. The van der Waals surface area contributed by atoms with Gasteiger partial charge in [-0.3, -0.25) is 4.99 Å². The Morgan fingerprint density at radius 2 is 1.29 bits per heavy atom. The van der Waals surface area contributed by atoms with Crippen LogP contribution in [0.2, 0.25) is 0 Å². The van der Waals surface area contributed by atoms with E-state index in [0.29, 0.717) is 0 Å². The molecule has 0 aromatic rings. The molecule has 1 rings (SSSR count). The number of hydrogen-bond donors (Lipinski definition) is 1. The summed E-state index contributed by atoms with van der Waals surface area (Å²) in [6, 6.07) is 0. The number of aliphatic imine (C=N–C) groups is 1. The van der Waals surface area contributed by atoms with Crippen LogP contribution in [-0.4, -0.2) is 30.0 Å². The summed E-state index contributed by atoms with van der Waals surface area (Å²) in [5.41, 5.74) is 5.98. The van der Waals surface area contributed by atoms with Crippen molar-refractivity contribution in [1.82, 2.24) is 4.90 Å². The van der Waals surface area contributed by atoms with E-state index in [1.54, 1.807) is 0 Å². The summed E-state index contributed by atoms with van der Waals surface area (Å²) < 4.78 is 0. The molecule has 0 radical (unpaired) electrons. The molecule has 0 bridgehead atoms. The van der Waals surface area contributed by atoms with Crippen molar-refractivity contribution in [3.63, 3.8) is 0 Å². The summed E-state index contributed by atoms with van der Waals surface area (Å²) in [7, 11) is 0. The Hall–Kier alpha value is -0.570. The number of amidine groups is 1. The summed E-state index contributed by atoms with van der Waals surface area (Å²) in [5, 5.41) is 0. The van der Waals surface area contributed by atoms with Crippen LogP contribution in [0.1, 0.15) is 110 Å². The van der Waals surface area contributed by atoms with Crippen LogP contribution in [0.15, 0.2) is 4.99 Å². The quantitative estimate of drug-likeness (QED) is 0.357. The van der Waals surface area contributed by atoms with E-state index in [2.05, 4.69) is 23.7 Å². The third-order valence-corrected chi connectivity index (χ3v) is 5.21. The smallest absolute Gasteiger partial charge is 0.100 e. The van der Waals surface area contributed by atoms with Crippen LogP contribution in [-0.2, 0) is 0 Å². The van der Waals surface area contributed by atoms with E-state index in [1.807, 2.05) is 0 Å². The van der Waals surface area contributed by atoms with Gasteiger partial charge in [0.1, 0.15) is 5.84 Å². The maximum absolute atomic E-state index is 5.98. The predicted octanol–water partition coefficient (Wildman–Crippen LogP) is 5.88. The summed E-state index contributed by atoms with van der Waals surface area (Å²) in [6.07, 6.45) is 21.1. The standard InChI is InChI=1S/C21H43N3/c1-3-4-5-6-7-8-9-10-11-12-13-14-15-16-17-21-23-18-19-24(21)20(2)22/h20H,3-19,22H2,1-2H3. The topological polar surface area (TPSA) is 41.6 Å². The van der Waals surface area contributed by atoms with Gasteiger partial charge in [0.25, 0.3) is 0 Å². The molecule has 1 atom stereocenters. The zero-order chi connectivity index (χ0) is 17.5. The van der Waals surface area contributed by atoms with Crippen LogP contribution >= 0.6 is 0 Å². The molecule has 3 nitrogen and oxygen atoms in total. The molecule has 3 heteroatoms. The molecule has 1 heterocycles. The van der Waals surface area contributed by atoms with Crippen molar-refractivity contribution in [3.05, 3.63) is 0 Å². The van der Waals surface area contributed by atoms with Crippen molar-refractivity contribution >= 4 is 5.84 Å². The van der Waals surface area contributed by atoms with Crippen molar-refractivity contribution < 1.29 is 0 Å². The second-order valence-electron chi connectivity index (χ2n) is 7.58. The summed E-state index contributed by atoms with van der Waals surface area (Å²) in [5.74, 6) is 1.25. The number of unbranched alkanes of at least 4 members (excludes halogenated alkanes) is 13. The highest BCUT2D eigenvalue weighted by atomic mass is 15.3. The lowest BCUT2D eigenvalue weighted by molar-refractivity contribution is 0.358. The fourth-order valence-electron chi connectivity index (χ4n) is 3.65. The normalized spacial score (nSPS) is 15.8. The van der Waals surface area contributed by atoms with Crippen LogP contribution < -0.4 is 5.73 Å². The van der Waals surface area contributed by atoms with Gasteiger partial charge in [-0.2, -0.15) is 0 Å². The van der Waals surface area contributed by atoms with Gasteiger partial charge in [-0.05, 0) is 13.3 Å². The molecule has 0 fully saturated rings. The predicted molar refractivity (Wildman–Crippen MR) is 108 cm³/mol. The van der Waals surface area contributed by atoms with E-state index in [1.165, 1.54) is 95.7 Å². The molecule has 1 aliphatic rings. The van der Waals surface area contributed by atoms with Crippen molar-refractivity contribution in [2.75, 3.05) is 13.1 Å². The fourth-order valence-corrected chi connectivity index (χ4v) is 3.65. The SMILES string of the molecule is CCCCCCCCCCCCCCCCC1=NCCN1C(C)N. The molecule has 0 saturated heterocycles. The molecule has 0 aliphatic carbocycles. The highest BCUT2D eigenvalue weighted by Crippen LogP contribution is 2.15. The molecule has 0 saturated carbocycles. The average molecular weight is 338 g/mol. The molecule has 0 aromatic heterocycles. The highest BCUT2D eigenvalue weighted by molar-refractivity contribution is 5.83. The Balaban J connectivity index is 1.80. The molecular weight excluding hydrogens is 294 g/mol. The second kappa shape index (κ2) is 14.7. The van der Waals surface area contributed by atoms with Gasteiger partial charge in [-0.15, -0.1) is 0 Å². The van der Waals surface area contributed by atoms with Crippen LogP contribution in [0, 0.1) is 0 Å². The largest absolute Gasteiger partial charge is 0.343 e. The molecule has 24 heavy (non-hydrogen) atoms. The van der Waals surface area contributed by atoms with Crippen molar-refractivity contribution in [2.45, 2.75) is 116 Å². The second-order valence-corrected chi connectivity index (χ2v) is 7.58. The van der Waals surface area contributed by atoms with Crippen LogP contribution in [0.25, 0.3) is 0 Å². The summed E-state index contributed by atoms with van der Waals surface area (Å²) in [6.45, 7) is 6.31. The summed E-state index contributed by atoms with van der Waals surface area (Å²) >= 11 is 0. The van der Waals surface area contributed by atoms with E-state index in [4.69, 9.17) is 5.73 Å². The first kappa shape index (κ1) is 21.5. The lowest BCUT2D eigenvalue weighted by Gasteiger charge is -2.24. The monoisotopic (exact) mass is 337 g/mol. The Morgan fingerprint density at radius 3 is 1.75 bits per heavy atom. The molecule has 1 aliphatic heterocycles. The van der Waals surface area contributed by atoms with Gasteiger partial charge in [0, 0.05) is 13.0 Å². The molecule has 1 unspecified atom stereocenters. The first-order chi connectivity index (χ1) is 11.8. The number of nitrogens with two attached hydrogens (primary N) is 1. The van der Waals surface area contributed by atoms with Gasteiger partial charge in [-0.25, -0.2) is 0 Å². The Kier molecular flexibility index (Phi) is 13.2. The third-order valence-electron chi connectivity index (χ3n) is 5.21. The van der Waals surface area contributed by atoms with Gasteiger partial charge in [0.15, 0.2) is 0 Å². The van der Waals surface area contributed by atoms with Gasteiger partial charge in [-0.1, -0.05) is 90.4 Å². The summed E-state index contributed by atoms with van der Waals surface area (Å²) in [4.78, 5) is 6.87. The minimum atomic E-state index is 0.123. The van der Waals surface area contributed by atoms with Gasteiger partial charge in [0.2, 0.25) is 0 Å². The molecule has 0 amide bonds. The Labute approximate surface area is 151 Å². The number of rotatable bonds is 16. The van der Waals surface area contributed by atoms with Gasteiger partial charge >= 0.3 is 0 Å². The third kappa shape index (κ3) is 10.3. The number of hydrogen-bond acceptors (Lipinski definition) is 3. The number of nitrogens with zero attached hydrogens (tertiary/aromatic N) is 2. The van der Waals surface area contributed by atoms with E-state index in [0.717, 1.165) is 19.5 Å². The van der Waals surface area contributed by atoms with Gasteiger partial charge in [0.05, 0.1) is 12.7 Å². The molecular formula is C21H43N3. The van der Waals surface area contributed by atoms with Crippen molar-refractivity contribution in [3.8, 4) is 0 Å². The fraction of sp³-hybridized carbons (Fsp3) is 0.952. The van der Waals surface area contributed by atoms with Crippen LogP contribution in [0.5, 0.6) is 0 Å². The highest BCUT2D eigenvalue weighted by Gasteiger charge is 2.18. The maximum atomic E-state index is 5.98. The van der Waals surface area contributed by atoms with Crippen molar-refractivity contribution in [2.24, 2.45) is 10.7 Å². The van der Waals surface area contributed by atoms with Crippen molar-refractivity contribution in [1.29, 1.82) is 0 Å². The minimum absolute atomic E-state index is 0.123. The van der Waals surface area contributed by atoms with Crippen LogP contribution in [0.3, 0.4) is 0 Å². The zero-order valence-corrected chi connectivity index (χ0v) is 16.6. The molecule has 0 aromatic carbocycles. The molecule has 0 spiro atoms. The van der Waals surface area contributed by atoms with Crippen LogP contribution in [0.4, 0.5) is 0 Å². The molecule has 2 N–H and O–H groups in total. The van der Waals surface area contributed by atoms with E-state index < -0.39 is 0 Å².